The molecule has 0 aliphatic heterocycles. The van der Waals surface area contributed by atoms with Gasteiger partial charge in [-0.3, -0.25) is 56.5 Å². The Morgan fingerprint density at radius 1 is 0.556 bits per heavy atom. The lowest BCUT2D eigenvalue weighted by molar-refractivity contribution is -0.160. The van der Waals surface area contributed by atoms with Crippen molar-refractivity contribution < 1.29 is 101 Å². The van der Waals surface area contributed by atoms with E-state index in [1.54, 1.807) is 0 Å². The fraction of sp³-hybridized carbons (Fsp3) is 0.367. The Morgan fingerprint density at radius 2 is 0.960 bits per heavy atom. The number of fused-ring (bicyclic) bond motifs is 10. The third-order valence-electron chi connectivity index (χ3n) is 23.5. The summed E-state index contributed by atoms with van der Waals surface area (Å²) in [7, 11) is -5.16. The van der Waals surface area contributed by atoms with Crippen LogP contribution in [-0.2, 0) is 92.8 Å². The van der Waals surface area contributed by atoms with Crippen molar-refractivity contribution >= 4 is 110 Å². The van der Waals surface area contributed by atoms with Gasteiger partial charge in [0.15, 0.2) is 11.6 Å². The summed E-state index contributed by atoms with van der Waals surface area (Å²) < 4.78 is 311. The number of hydrogen-bond donors (Lipinski definition) is 4. The SMILES string of the molecule is Cn1nc(NS(C)(=O)=O)c2c(Cl)ccc(-n3c([C@H](Cc4cc(F)cc(F)c4)NC(=O)Cn4nc(C(F)F)c5c4C(F)(F)[C@@H]4C[C@H]54)nc4cc(C(F)(F)C5CCC5)ccc4c3=O)c21.Cn1nc(NS(C)(=O)=O)c2c(Cl)ccc(-n3c([C@H](Cc4cc(F)cc(F)c4)NC(=O)Cn4nc(C(F)F)c5c4C(F)(F)[C@@H]4C[C@H]54)nc4cc(C5(C(F)(F)F)CC5)ccc4c3=O)c21. The summed E-state index contributed by atoms with van der Waals surface area (Å²) in [5.74, 6) is -23.7. The zero-order chi connectivity index (χ0) is 89.0. The van der Waals surface area contributed by atoms with E-state index in [0.717, 1.165) is 87.0 Å². The van der Waals surface area contributed by atoms with Gasteiger partial charge in [-0.1, -0.05) is 41.8 Å². The highest BCUT2D eigenvalue weighted by atomic mass is 35.5. The Morgan fingerprint density at radius 3 is 1.33 bits per heavy atom. The number of rotatable bonds is 23. The summed E-state index contributed by atoms with van der Waals surface area (Å²) in [6.07, 6.45) is -10.2. The number of nitrogens with zero attached hydrogens (tertiary/aromatic N) is 12. The molecule has 6 aromatic carbocycles. The number of sulfonamides is 2. The van der Waals surface area contributed by atoms with Gasteiger partial charge in [0.2, 0.25) is 31.9 Å². The molecule has 6 aliphatic carbocycles. The van der Waals surface area contributed by atoms with Crippen molar-refractivity contribution in [2.45, 2.75) is 137 Å². The van der Waals surface area contributed by atoms with E-state index in [0.29, 0.717) is 27.9 Å². The number of benzene rings is 6. The minimum atomic E-state index is -4.68. The van der Waals surface area contributed by atoms with E-state index in [4.69, 9.17) is 23.2 Å². The third-order valence-corrected chi connectivity index (χ3v) is 25.2. The van der Waals surface area contributed by atoms with Crippen molar-refractivity contribution in [2.24, 2.45) is 31.8 Å². The van der Waals surface area contributed by atoms with Crippen LogP contribution in [0.3, 0.4) is 0 Å². The second kappa shape index (κ2) is 29.7. The first kappa shape index (κ1) is 85.0. The predicted molar refractivity (Wildman–Crippen MR) is 414 cm³/mol. The standard InChI is InChI=1S/C40H33ClF8N8O4S.C39H30ClF9N8O4S/c1-55-33-28(9-8-25(41)31(33)36(53-55)54-62(2,60)61)57-37(51-26-13-19(6-7-22(26)38(57)59)39(46,47)18-4-3-5-18)27(12-17-10-20(42)14-21(43)11-17)50-29(58)16-56-34-30(32(52-56)35(44)45)23-15-24(23)40(34,48)49;1-55-31-26(6-5-23(40)29(31)34(53-55)54-62(2,60)61)57-35(51-24-12-17(3-4-20(24)36(57)59)37(7-8-37)39(47,48)49)25(11-16-9-18(41)13-19(42)10-16)50-27(58)15-56-32-28(30(52-56)33(43)44)21-14-22(21)38(32,45)46/h6-11,13-14,18,23-24,27,35H,3-5,12,15-16H2,1-2H3,(H,50,58)(H,53,54);3-6,9-10,12-13,21-22,25,33H,7-8,11,14-15H2,1-2H3,(H,50,58)(H,53,54)/t23-,24+,27-;21-,22+,25-/m00/s1. The van der Waals surface area contributed by atoms with Crippen LogP contribution in [0.5, 0.6) is 0 Å². The fourth-order valence-corrected chi connectivity index (χ4v) is 19.0. The predicted octanol–water partition coefficient (Wildman–Crippen LogP) is 15.5. The van der Waals surface area contributed by atoms with Crippen LogP contribution in [-0.4, -0.2) is 106 Å². The summed E-state index contributed by atoms with van der Waals surface area (Å²) in [5, 5.41) is 20.4. The van der Waals surface area contributed by atoms with Crippen molar-refractivity contribution in [3.8, 4) is 11.4 Å². The monoisotopic (exact) mass is 1820 g/mol. The molecule has 0 spiro atoms. The first-order valence-corrected chi connectivity index (χ1v) is 42.5. The molecule has 24 nitrogen and oxygen atoms in total. The fourth-order valence-electron chi connectivity index (χ4n) is 17.5. The number of amides is 2. The van der Waals surface area contributed by atoms with Crippen LogP contribution in [0.1, 0.15) is 150 Å². The van der Waals surface area contributed by atoms with Crippen LogP contribution in [0.15, 0.2) is 107 Å². The van der Waals surface area contributed by atoms with E-state index in [1.165, 1.54) is 43.0 Å². The number of carbonyl (C=O) groups excluding carboxylic acids is 2. The molecule has 6 aliphatic rings. The van der Waals surface area contributed by atoms with Gasteiger partial charge in [-0.05, 0) is 140 Å². The average Bonchev–Trinajstić information content (AvgIpc) is 1.52. The molecule has 18 rings (SSSR count). The van der Waals surface area contributed by atoms with Gasteiger partial charge < -0.3 is 10.6 Å². The van der Waals surface area contributed by atoms with Crippen molar-refractivity contribution in [3.63, 3.8) is 0 Å². The molecule has 12 aromatic rings. The number of alkyl halides is 13. The van der Waals surface area contributed by atoms with Gasteiger partial charge in [0.25, 0.3) is 41.7 Å². The zero-order valence-electron chi connectivity index (χ0n) is 64.3. The summed E-state index contributed by atoms with van der Waals surface area (Å²) in [4.78, 5) is 67.2. The van der Waals surface area contributed by atoms with Gasteiger partial charge in [-0.15, -0.1) is 0 Å². The molecule has 4 fully saturated rings. The normalized spacial score (nSPS) is 19.0. The molecule has 6 atom stereocenters. The Labute approximate surface area is 697 Å². The van der Waals surface area contributed by atoms with Gasteiger partial charge in [0.1, 0.15) is 70.8 Å². The molecule has 6 heterocycles. The van der Waals surface area contributed by atoms with Crippen LogP contribution >= 0.6 is 23.2 Å². The Hall–Kier alpha value is -11.2. The molecular formula is C79H63Cl2F17N16O8S2. The molecule has 6 aromatic heterocycles. The maximum absolute atomic E-state index is 15.8. The number of hydrogen-bond acceptors (Lipinski definition) is 14. The lowest BCUT2D eigenvalue weighted by Crippen LogP contribution is -2.38. The maximum atomic E-state index is 15.8. The molecule has 0 saturated heterocycles. The van der Waals surface area contributed by atoms with E-state index in [1.807, 2.05) is 0 Å². The van der Waals surface area contributed by atoms with Crippen LogP contribution < -0.4 is 31.2 Å². The molecule has 2 amide bonds. The minimum absolute atomic E-state index is 0.000312. The number of anilines is 2. The smallest absolute Gasteiger partial charge is 0.344 e. The number of halogens is 19. The minimum Gasteiger partial charge on any atom is -0.344 e. The number of aromatic nitrogens is 12. The number of carbonyl (C=O) groups is 2. The van der Waals surface area contributed by atoms with E-state index in [9.17, 15) is 84.3 Å². The average molecular weight is 1820 g/mol. The van der Waals surface area contributed by atoms with Crippen molar-refractivity contribution in [3.05, 3.63) is 219 Å². The van der Waals surface area contributed by atoms with E-state index in [-0.39, 0.29) is 143 Å². The molecule has 45 heteroatoms. The van der Waals surface area contributed by atoms with E-state index < -0.39 is 216 Å². The largest absolute Gasteiger partial charge is 0.398 e. The first-order chi connectivity index (χ1) is 58.1. The summed E-state index contributed by atoms with van der Waals surface area (Å²) in [6.45, 7) is -2.14. The Bertz CT molecular complexity index is 6890. The van der Waals surface area contributed by atoms with Gasteiger partial charge in [0, 0.05) is 73.5 Å². The molecule has 4 saturated carbocycles. The quantitative estimate of drug-likeness (QED) is 0.0433. The molecular weight excluding hydrogens is 1760 g/mol. The highest BCUT2D eigenvalue weighted by Gasteiger charge is 2.69. The van der Waals surface area contributed by atoms with E-state index >= 15 is 26.3 Å². The van der Waals surface area contributed by atoms with Crippen molar-refractivity contribution in [2.75, 3.05) is 22.0 Å². The Kier molecular flexibility index (Phi) is 20.4. The lowest BCUT2D eigenvalue weighted by Gasteiger charge is -2.33. The summed E-state index contributed by atoms with van der Waals surface area (Å²) in [6, 6.07) is 13.2. The Balaban J connectivity index is 0.000000176. The molecule has 124 heavy (non-hydrogen) atoms. The second-order valence-electron chi connectivity index (χ2n) is 31.8. The molecule has 0 radical (unpaired) electrons. The second-order valence-corrected chi connectivity index (χ2v) is 36.2. The molecule has 652 valence electrons. The maximum Gasteiger partial charge on any atom is 0.398 e. The summed E-state index contributed by atoms with van der Waals surface area (Å²) >= 11 is 13.1. The topological polar surface area (TPSA) is 292 Å². The van der Waals surface area contributed by atoms with Crippen LogP contribution in [0.25, 0.3) is 55.0 Å². The highest BCUT2D eigenvalue weighted by Crippen LogP contribution is 2.70. The van der Waals surface area contributed by atoms with Gasteiger partial charge >= 0.3 is 6.18 Å². The molecule has 4 N–H and O–H groups in total. The molecule has 0 unspecified atom stereocenters. The third kappa shape index (κ3) is 14.8. The van der Waals surface area contributed by atoms with Crippen LogP contribution in [0.2, 0.25) is 10.0 Å². The first-order valence-electron chi connectivity index (χ1n) is 38.0. The zero-order valence-corrected chi connectivity index (χ0v) is 67.5. The van der Waals surface area contributed by atoms with Gasteiger partial charge in [-0.25, -0.2) is 70.7 Å². The lowest BCUT2D eigenvalue weighted by atomic mass is 9.78. The van der Waals surface area contributed by atoms with E-state index in [2.05, 4.69) is 50.4 Å². The van der Waals surface area contributed by atoms with Gasteiger partial charge in [0.05, 0.1) is 95.0 Å². The van der Waals surface area contributed by atoms with Crippen molar-refractivity contribution in [1.82, 2.24) is 68.9 Å². The number of nitrogens with one attached hydrogen (secondary N) is 4. The van der Waals surface area contributed by atoms with Crippen molar-refractivity contribution in [1.29, 1.82) is 0 Å². The van der Waals surface area contributed by atoms with Gasteiger partial charge in [-0.2, -0.15) is 51.1 Å². The highest BCUT2D eigenvalue weighted by molar-refractivity contribution is 7.92. The summed E-state index contributed by atoms with van der Waals surface area (Å²) in [5.41, 5.74) is -10.0. The van der Waals surface area contributed by atoms with Crippen LogP contribution in [0, 0.1) is 41.0 Å². The molecule has 0 bridgehead atoms. The van der Waals surface area contributed by atoms with Crippen LogP contribution in [0.4, 0.5) is 86.3 Å². The number of aryl methyl sites for hydroxylation is 2.